The van der Waals surface area contributed by atoms with E-state index >= 15 is 0 Å². The van der Waals surface area contributed by atoms with Crippen LogP contribution in [0.15, 0.2) is 54.6 Å². The first-order chi connectivity index (χ1) is 15.3. The van der Waals surface area contributed by atoms with Crippen molar-refractivity contribution < 1.29 is 29.2 Å². The smallest absolute Gasteiger partial charge is 0.276 e. The van der Waals surface area contributed by atoms with Crippen molar-refractivity contribution in [1.29, 1.82) is 0 Å². The van der Waals surface area contributed by atoms with Gasteiger partial charge in [-0.1, -0.05) is 12.1 Å². The van der Waals surface area contributed by atoms with Crippen molar-refractivity contribution >= 4 is 11.4 Å². The summed E-state index contributed by atoms with van der Waals surface area (Å²) in [4.78, 5) is 21.5. The number of hydrogen-bond donors (Lipinski definition) is 1. The van der Waals surface area contributed by atoms with Gasteiger partial charge in [0, 0.05) is 23.8 Å². The molecule has 1 N–H and O–H groups in total. The van der Waals surface area contributed by atoms with Crippen LogP contribution in [-0.2, 0) is 0 Å². The molecule has 0 aromatic heterocycles. The number of nitro groups is 2. The van der Waals surface area contributed by atoms with E-state index in [1.807, 2.05) is 0 Å². The van der Waals surface area contributed by atoms with Crippen LogP contribution in [0.5, 0.6) is 23.0 Å². The van der Waals surface area contributed by atoms with Gasteiger partial charge in [-0.2, -0.15) is 0 Å². The van der Waals surface area contributed by atoms with Crippen molar-refractivity contribution in [3.05, 3.63) is 91.5 Å². The first-order valence-corrected chi connectivity index (χ1v) is 9.47. The molecule has 0 unspecified atom stereocenters. The van der Waals surface area contributed by atoms with Gasteiger partial charge in [0.15, 0.2) is 11.5 Å². The SMILES string of the molecule is COc1ccc([C@@H]2Oc3cc(OC)c(O)cc3[C@H]2c2cc([N+](=O)[O-])cc([N+](=O)[O-])c2)cc1. The third-order valence-corrected chi connectivity index (χ3v) is 5.35. The van der Waals surface area contributed by atoms with E-state index < -0.39 is 33.2 Å². The molecule has 10 heteroatoms. The Morgan fingerprint density at radius 2 is 1.50 bits per heavy atom. The third kappa shape index (κ3) is 3.62. The molecule has 32 heavy (non-hydrogen) atoms. The normalized spacial score (nSPS) is 16.7. The van der Waals surface area contributed by atoms with E-state index in [4.69, 9.17) is 14.2 Å². The number of nitro benzene ring substituents is 2. The topological polar surface area (TPSA) is 134 Å². The minimum Gasteiger partial charge on any atom is -0.504 e. The maximum Gasteiger partial charge on any atom is 0.276 e. The first kappa shape index (κ1) is 20.9. The number of methoxy groups -OCH3 is 2. The Labute approximate surface area is 181 Å². The maximum absolute atomic E-state index is 11.4. The lowest BCUT2D eigenvalue weighted by atomic mass is 9.84. The zero-order valence-electron chi connectivity index (χ0n) is 17.1. The molecule has 0 spiro atoms. The fourth-order valence-electron chi connectivity index (χ4n) is 3.86. The average Bonchev–Trinajstić information content (AvgIpc) is 3.16. The van der Waals surface area contributed by atoms with Gasteiger partial charge in [0.05, 0.1) is 36.1 Å². The minimum atomic E-state index is -0.679. The summed E-state index contributed by atoms with van der Waals surface area (Å²) in [6, 6.07) is 13.5. The van der Waals surface area contributed by atoms with Gasteiger partial charge in [0.1, 0.15) is 17.6 Å². The summed E-state index contributed by atoms with van der Waals surface area (Å²) in [5.74, 6) is 0.428. The van der Waals surface area contributed by atoms with E-state index in [0.29, 0.717) is 22.6 Å². The monoisotopic (exact) mass is 438 g/mol. The Hall–Kier alpha value is -4.34. The molecule has 0 aliphatic carbocycles. The third-order valence-electron chi connectivity index (χ3n) is 5.35. The molecule has 1 aliphatic heterocycles. The first-order valence-electron chi connectivity index (χ1n) is 9.47. The molecule has 1 heterocycles. The lowest BCUT2D eigenvalue weighted by Crippen LogP contribution is -2.12. The molecule has 1 aliphatic rings. The summed E-state index contributed by atoms with van der Waals surface area (Å²) < 4.78 is 16.5. The number of fused-ring (bicyclic) bond motifs is 1. The quantitative estimate of drug-likeness (QED) is 0.439. The van der Waals surface area contributed by atoms with Crippen molar-refractivity contribution in [1.82, 2.24) is 0 Å². The van der Waals surface area contributed by atoms with E-state index in [0.717, 1.165) is 11.6 Å². The number of phenols is 1. The number of aromatic hydroxyl groups is 1. The van der Waals surface area contributed by atoms with E-state index in [2.05, 4.69) is 0 Å². The van der Waals surface area contributed by atoms with Crippen molar-refractivity contribution in [2.45, 2.75) is 12.0 Å². The van der Waals surface area contributed by atoms with Crippen LogP contribution in [0.1, 0.15) is 28.7 Å². The summed E-state index contributed by atoms with van der Waals surface area (Å²) in [5.41, 5.74) is 0.747. The van der Waals surface area contributed by atoms with Crippen LogP contribution in [0.2, 0.25) is 0 Å². The molecule has 0 saturated carbocycles. The molecular formula is C22H18N2O8. The lowest BCUT2D eigenvalue weighted by Gasteiger charge is -2.20. The molecule has 164 valence electrons. The van der Waals surface area contributed by atoms with Crippen molar-refractivity contribution in [3.63, 3.8) is 0 Å². The van der Waals surface area contributed by atoms with Crippen LogP contribution in [0, 0.1) is 20.2 Å². The van der Waals surface area contributed by atoms with Gasteiger partial charge in [-0.25, -0.2) is 0 Å². The predicted molar refractivity (Wildman–Crippen MR) is 113 cm³/mol. The fourth-order valence-corrected chi connectivity index (χ4v) is 3.86. The summed E-state index contributed by atoms with van der Waals surface area (Å²) in [5, 5.41) is 33.2. The zero-order valence-corrected chi connectivity index (χ0v) is 17.1. The van der Waals surface area contributed by atoms with E-state index in [1.165, 1.54) is 38.5 Å². The van der Waals surface area contributed by atoms with Gasteiger partial charge in [-0.3, -0.25) is 20.2 Å². The minimum absolute atomic E-state index is 0.143. The van der Waals surface area contributed by atoms with Crippen LogP contribution in [0.4, 0.5) is 11.4 Å². The highest BCUT2D eigenvalue weighted by molar-refractivity contribution is 5.59. The van der Waals surface area contributed by atoms with Gasteiger partial charge < -0.3 is 19.3 Å². The van der Waals surface area contributed by atoms with Crippen molar-refractivity contribution in [2.75, 3.05) is 14.2 Å². The number of hydrogen-bond acceptors (Lipinski definition) is 8. The summed E-state index contributed by atoms with van der Waals surface area (Å²) in [7, 11) is 2.94. The Bertz CT molecular complexity index is 1180. The number of ether oxygens (including phenoxy) is 3. The molecule has 3 aromatic rings. The highest BCUT2D eigenvalue weighted by atomic mass is 16.6. The molecule has 0 fully saturated rings. The van der Waals surface area contributed by atoms with Gasteiger partial charge in [0.25, 0.3) is 11.4 Å². The Balaban J connectivity index is 1.92. The zero-order chi connectivity index (χ0) is 23.0. The molecular weight excluding hydrogens is 420 g/mol. The molecule has 0 saturated heterocycles. The van der Waals surface area contributed by atoms with Crippen LogP contribution in [0.3, 0.4) is 0 Å². The molecule has 10 nitrogen and oxygen atoms in total. The van der Waals surface area contributed by atoms with Gasteiger partial charge >= 0.3 is 0 Å². The highest BCUT2D eigenvalue weighted by Crippen LogP contribution is 2.53. The average molecular weight is 438 g/mol. The van der Waals surface area contributed by atoms with Crippen molar-refractivity contribution in [2.24, 2.45) is 0 Å². The van der Waals surface area contributed by atoms with Crippen LogP contribution in [-0.4, -0.2) is 29.2 Å². The molecule has 0 amide bonds. The Morgan fingerprint density at radius 3 is 2.03 bits per heavy atom. The van der Waals surface area contributed by atoms with Crippen LogP contribution < -0.4 is 14.2 Å². The molecule has 3 aromatic carbocycles. The van der Waals surface area contributed by atoms with Gasteiger partial charge in [0.2, 0.25) is 0 Å². The Kier molecular flexibility index (Phi) is 5.27. The Morgan fingerprint density at radius 1 is 0.875 bits per heavy atom. The number of phenolic OH excluding ortho intramolecular Hbond substituents is 1. The van der Waals surface area contributed by atoms with E-state index in [1.54, 1.807) is 24.3 Å². The second-order valence-corrected chi connectivity index (χ2v) is 7.15. The maximum atomic E-state index is 11.4. The molecule has 4 rings (SSSR count). The predicted octanol–water partition coefficient (Wildman–Crippen LogP) is 4.49. The van der Waals surface area contributed by atoms with Crippen LogP contribution >= 0.6 is 0 Å². The number of non-ortho nitro benzene ring substituents is 2. The van der Waals surface area contributed by atoms with Crippen molar-refractivity contribution in [3.8, 4) is 23.0 Å². The highest BCUT2D eigenvalue weighted by Gasteiger charge is 2.39. The second-order valence-electron chi connectivity index (χ2n) is 7.15. The van der Waals surface area contributed by atoms with Crippen LogP contribution in [0.25, 0.3) is 0 Å². The second kappa shape index (κ2) is 8.06. The standard InChI is InChI=1S/C22H18N2O8/c1-30-16-5-3-12(4-6-16)22-21(17-10-18(25)20(31-2)11-19(17)32-22)13-7-14(23(26)27)9-15(8-13)24(28)29/h3-11,21-22,25H,1-2H3/t21-,22+/m1/s1. The molecule has 2 atom stereocenters. The molecule has 0 radical (unpaired) electrons. The fraction of sp³-hybridized carbons (Fsp3) is 0.182. The number of rotatable bonds is 6. The summed E-state index contributed by atoms with van der Waals surface area (Å²) >= 11 is 0. The van der Waals surface area contributed by atoms with Gasteiger partial charge in [-0.05, 0) is 29.3 Å². The number of benzene rings is 3. The molecule has 0 bridgehead atoms. The summed E-state index contributed by atoms with van der Waals surface area (Å²) in [6.45, 7) is 0. The summed E-state index contributed by atoms with van der Waals surface area (Å²) in [6.07, 6.45) is -0.663. The van der Waals surface area contributed by atoms with Gasteiger partial charge in [-0.15, -0.1) is 0 Å². The van der Waals surface area contributed by atoms with E-state index in [-0.39, 0.29) is 11.5 Å². The van der Waals surface area contributed by atoms with E-state index in [9.17, 15) is 25.3 Å². The largest absolute Gasteiger partial charge is 0.504 e. The number of nitrogens with zero attached hydrogens (tertiary/aromatic N) is 2. The lowest BCUT2D eigenvalue weighted by molar-refractivity contribution is -0.394.